The predicted octanol–water partition coefficient (Wildman–Crippen LogP) is 2.62. The molecule has 1 aliphatic carbocycles. The normalized spacial score (nSPS) is 49.0. The van der Waals surface area contributed by atoms with Gasteiger partial charge in [-0.2, -0.15) is 0 Å². The van der Waals surface area contributed by atoms with Crippen molar-refractivity contribution in [1.82, 2.24) is 0 Å². The van der Waals surface area contributed by atoms with Gasteiger partial charge in [0.25, 0.3) is 0 Å². The first-order chi connectivity index (χ1) is 8.51. The molecule has 2 aliphatic heterocycles. The lowest BCUT2D eigenvalue weighted by Gasteiger charge is -2.19. The van der Waals surface area contributed by atoms with E-state index in [2.05, 4.69) is 32.6 Å². The number of carbonyl (C=O) groups is 1. The second-order valence-corrected chi connectivity index (χ2v) is 6.04. The van der Waals surface area contributed by atoms with Crippen LogP contribution < -0.4 is 0 Å². The zero-order chi connectivity index (χ0) is 12.9. The van der Waals surface area contributed by atoms with E-state index in [0.717, 1.165) is 19.3 Å². The summed E-state index contributed by atoms with van der Waals surface area (Å²) in [6, 6.07) is 0. The van der Waals surface area contributed by atoms with Gasteiger partial charge in [0.15, 0.2) is 0 Å². The van der Waals surface area contributed by atoms with Crippen LogP contribution in [-0.4, -0.2) is 23.8 Å². The molecular formula is C15H20O3. The summed E-state index contributed by atoms with van der Waals surface area (Å²) in [5, 5.41) is 0. The number of rotatable bonds is 0. The minimum atomic E-state index is -0.245. The molecule has 3 nitrogen and oxygen atoms in total. The molecule has 3 aliphatic rings. The second-order valence-electron chi connectivity index (χ2n) is 6.04. The van der Waals surface area contributed by atoms with E-state index < -0.39 is 0 Å². The molecule has 0 radical (unpaired) electrons. The smallest absolute Gasteiger partial charge is 0.334 e. The van der Waals surface area contributed by atoms with Crippen LogP contribution in [0.5, 0.6) is 0 Å². The lowest BCUT2D eigenvalue weighted by molar-refractivity contribution is -0.140. The molecule has 0 spiro atoms. The van der Waals surface area contributed by atoms with Gasteiger partial charge in [0.2, 0.25) is 0 Å². The second kappa shape index (κ2) is 3.95. The molecule has 0 N–H and O–H groups in total. The minimum Gasteiger partial charge on any atom is -0.455 e. The standard InChI is InChI=1S/C15H20O3/c1-9-5-4-8-15(3)13(18-15)12-11(7-6-9)10(2)14(16)17-12/h4,8-9,11-13H,2,5-7H2,1,3H3/b8-4-/t9-,11-,12+,13-,15+/m0/s1. The third-order valence-corrected chi connectivity index (χ3v) is 4.49. The van der Waals surface area contributed by atoms with E-state index >= 15 is 0 Å². The molecule has 3 heteroatoms. The number of fused-ring (bicyclic) bond motifs is 3. The topological polar surface area (TPSA) is 38.8 Å². The Hall–Kier alpha value is -1.09. The maximum absolute atomic E-state index is 11.7. The zero-order valence-corrected chi connectivity index (χ0v) is 11.0. The summed E-state index contributed by atoms with van der Waals surface area (Å²) in [4.78, 5) is 11.7. The van der Waals surface area contributed by atoms with Crippen molar-refractivity contribution >= 4 is 5.97 Å². The van der Waals surface area contributed by atoms with Crippen LogP contribution in [0.15, 0.2) is 24.3 Å². The van der Waals surface area contributed by atoms with Gasteiger partial charge >= 0.3 is 5.97 Å². The van der Waals surface area contributed by atoms with Crippen molar-refractivity contribution in [3.05, 3.63) is 24.3 Å². The summed E-state index contributed by atoms with van der Waals surface area (Å²) in [6.45, 7) is 8.21. The Bertz CT molecular complexity index is 425. The highest BCUT2D eigenvalue weighted by Gasteiger charge is 2.60. The highest BCUT2D eigenvalue weighted by atomic mass is 16.6. The molecule has 0 aromatic heterocycles. The van der Waals surface area contributed by atoms with E-state index in [4.69, 9.17) is 9.47 Å². The average molecular weight is 248 g/mol. The third kappa shape index (κ3) is 1.81. The number of hydrogen-bond donors (Lipinski definition) is 0. The fourth-order valence-corrected chi connectivity index (χ4v) is 3.13. The summed E-state index contributed by atoms with van der Waals surface area (Å²) in [5.41, 5.74) is 0.389. The van der Waals surface area contributed by atoms with Crippen molar-refractivity contribution in [1.29, 1.82) is 0 Å². The van der Waals surface area contributed by atoms with E-state index in [-0.39, 0.29) is 29.7 Å². The lowest BCUT2D eigenvalue weighted by Crippen LogP contribution is -2.28. The molecule has 2 fully saturated rings. The van der Waals surface area contributed by atoms with Crippen molar-refractivity contribution in [3.63, 3.8) is 0 Å². The van der Waals surface area contributed by atoms with Gasteiger partial charge in [-0.15, -0.1) is 0 Å². The van der Waals surface area contributed by atoms with E-state index in [9.17, 15) is 4.79 Å². The molecule has 0 amide bonds. The van der Waals surface area contributed by atoms with Crippen molar-refractivity contribution < 1.29 is 14.3 Å². The van der Waals surface area contributed by atoms with Crippen LogP contribution in [0.1, 0.15) is 33.1 Å². The molecule has 0 saturated carbocycles. The maximum Gasteiger partial charge on any atom is 0.334 e. The van der Waals surface area contributed by atoms with Crippen LogP contribution in [0.25, 0.3) is 0 Å². The van der Waals surface area contributed by atoms with E-state index in [1.807, 2.05) is 0 Å². The van der Waals surface area contributed by atoms with Gasteiger partial charge in [0, 0.05) is 11.5 Å². The first-order valence-electron chi connectivity index (χ1n) is 6.76. The fraction of sp³-hybridized carbons (Fsp3) is 0.667. The predicted molar refractivity (Wildman–Crippen MR) is 67.9 cm³/mol. The quantitative estimate of drug-likeness (QED) is 0.286. The average Bonchev–Trinajstić information content (AvgIpc) is 2.90. The van der Waals surface area contributed by atoms with Crippen molar-refractivity contribution in [3.8, 4) is 0 Å². The summed E-state index contributed by atoms with van der Waals surface area (Å²) in [7, 11) is 0. The Morgan fingerprint density at radius 2 is 2.22 bits per heavy atom. The number of ether oxygens (including phenoxy) is 2. The van der Waals surface area contributed by atoms with Gasteiger partial charge in [-0.3, -0.25) is 0 Å². The molecule has 3 rings (SSSR count). The van der Waals surface area contributed by atoms with Crippen LogP contribution in [0.4, 0.5) is 0 Å². The molecule has 0 unspecified atom stereocenters. The Labute approximate surface area is 108 Å². The monoisotopic (exact) mass is 248 g/mol. The van der Waals surface area contributed by atoms with Gasteiger partial charge in [-0.25, -0.2) is 4.79 Å². The number of epoxide rings is 1. The minimum absolute atomic E-state index is 0.00959. The zero-order valence-electron chi connectivity index (χ0n) is 11.0. The summed E-state index contributed by atoms with van der Waals surface area (Å²) >= 11 is 0. The highest BCUT2D eigenvalue weighted by Crippen LogP contribution is 2.48. The van der Waals surface area contributed by atoms with E-state index in [0.29, 0.717) is 11.5 Å². The molecule has 98 valence electrons. The number of carbonyl (C=O) groups excluding carboxylic acids is 1. The van der Waals surface area contributed by atoms with Crippen molar-refractivity contribution in [2.24, 2.45) is 11.8 Å². The Morgan fingerprint density at radius 3 is 3.00 bits per heavy atom. The van der Waals surface area contributed by atoms with Crippen molar-refractivity contribution in [2.45, 2.75) is 50.9 Å². The SMILES string of the molecule is C=C1C(=O)O[C@@H]2[C@H]1CC[C@@H](C)C/C=C\[C@@]1(C)O[C@@H]21. The van der Waals surface area contributed by atoms with Crippen LogP contribution in [0.3, 0.4) is 0 Å². The molecule has 0 aromatic carbocycles. The Balaban J connectivity index is 1.88. The molecular weight excluding hydrogens is 228 g/mol. The van der Waals surface area contributed by atoms with Crippen LogP contribution in [0, 0.1) is 11.8 Å². The number of esters is 1. The molecule has 18 heavy (non-hydrogen) atoms. The van der Waals surface area contributed by atoms with Gasteiger partial charge in [0.05, 0.1) is 0 Å². The third-order valence-electron chi connectivity index (χ3n) is 4.49. The van der Waals surface area contributed by atoms with Gasteiger partial charge in [-0.05, 0) is 32.1 Å². The Morgan fingerprint density at radius 1 is 1.44 bits per heavy atom. The largest absolute Gasteiger partial charge is 0.455 e. The summed E-state index contributed by atoms with van der Waals surface area (Å²) < 4.78 is 11.2. The lowest BCUT2D eigenvalue weighted by atomic mass is 9.83. The fourth-order valence-electron chi connectivity index (χ4n) is 3.13. The van der Waals surface area contributed by atoms with Crippen LogP contribution >= 0.6 is 0 Å². The number of allylic oxidation sites excluding steroid dienone is 1. The van der Waals surface area contributed by atoms with Gasteiger partial charge in [0.1, 0.15) is 17.8 Å². The van der Waals surface area contributed by atoms with E-state index in [1.54, 1.807) is 0 Å². The molecule has 2 heterocycles. The first kappa shape index (κ1) is 12.0. The molecule has 0 aromatic rings. The summed E-state index contributed by atoms with van der Waals surface area (Å²) in [6.07, 6.45) is 7.36. The van der Waals surface area contributed by atoms with Crippen LogP contribution in [-0.2, 0) is 14.3 Å². The molecule has 0 bridgehead atoms. The molecule has 2 saturated heterocycles. The Kier molecular flexibility index (Phi) is 2.63. The number of hydrogen-bond acceptors (Lipinski definition) is 3. The van der Waals surface area contributed by atoms with E-state index in [1.165, 1.54) is 0 Å². The van der Waals surface area contributed by atoms with Gasteiger partial charge < -0.3 is 9.47 Å². The van der Waals surface area contributed by atoms with Crippen molar-refractivity contribution in [2.75, 3.05) is 0 Å². The maximum atomic E-state index is 11.7. The van der Waals surface area contributed by atoms with Crippen LogP contribution in [0.2, 0.25) is 0 Å². The highest BCUT2D eigenvalue weighted by molar-refractivity contribution is 5.91. The molecule has 5 atom stereocenters. The summed E-state index contributed by atoms with van der Waals surface area (Å²) in [5.74, 6) is 0.529. The van der Waals surface area contributed by atoms with Gasteiger partial charge in [-0.1, -0.05) is 25.7 Å². The first-order valence-corrected chi connectivity index (χ1v) is 6.76.